The zero-order valence-corrected chi connectivity index (χ0v) is 11.1. The van der Waals surface area contributed by atoms with Gasteiger partial charge in [0.05, 0.1) is 5.92 Å². The van der Waals surface area contributed by atoms with Crippen LogP contribution in [0.4, 0.5) is 0 Å². The summed E-state index contributed by atoms with van der Waals surface area (Å²) in [7, 11) is 2.14. The van der Waals surface area contributed by atoms with Crippen molar-refractivity contribution >= 4 is 5.97 Å². The van der Waals surface area contributed by atoms with Crippen LogP contribution in [0.1, 0.15) is 36.8 Å². The number of carbonyl (C=O) groups is 1. The fourth-order valence-corrected chi connectivity index (χ4v) is 2.17. The Balaban J connectivity index is 1.92. The number of benzene rings is 1. The van der Waals surface area contributed by atoms with Gasteiger partial charge < -0.3 is 10.0 Å². The zero-order chi connectivity index (χ0) is 13.1. The van der Waals surface area contributed by atoms with Crippen LogP contribution in [0.15, 0.2) is 24.3 Å². The third-order valence-corrected chi connectivity index (χ3v) is 3.57. The highest BCUT2D eigenvalue weighted by atomic mass is 16.4. The van der Waals surface area contributed by atoms with Gasteiger partial charge in [0.2, 0.25) is 0 Å². The Morgan fingerprint density at radius 3 is 2.50 bits per heavy atom. The van der Waals surface area contributed by atoms with E-state index in [0.717, 1.165) is 18.0 Å². The van der Waals surface area contributed by atoms with E-state index < -0.39 is 11.9 Å². The molecule has 3 nitrogen and oxygen atoms in total. The van der Waals surface area contributed by atoms with E-state index in [4.69, 9.17) is 5.11 Å². The van der Waals surface area contributed by atoms with Crippen molar-refractivity contribution in [1.29, 1.82) is 0 Å². The van der Waals surface area contributed by atoms with Gasteiger partial charge >= 0.3 is 5.97 Å². The van der Waals surface area contributed by atoms with E-state index in [9.17, 15) is 4.79 Å². The van der Waals surface area contributed by atoms with Crippen molar-refractivity contribution in [3.63, 3.8) is 0 Å². The Labute approximate surface area is 108 Å². The molecule has 2 rings (SSSR count). The molecule has 0 heterocycles. The summed E-state index contributed by atoms with van der Waals surface area (Å²) >= 11 is 0. The van der Waals surface area contributed by atoms with Gasteiger partial charge in [-0.3, -0.25) is 4.79 Å². The smallest absolute Gasteiger partial charge is 0.310 e. The first kappa shape index (κ1) is 13.1. The molecule has 0 amide bonds. The lowest BCUT2D eigenvalue weighted by Crippen LogP contribution is -2.20. The first-order valence-electron chi connectivity index (χ1n) is 6.56. The van der Waals surface area contributed by atoms with Crippen LogP contribution in [-0.2, 0) is 11.3 Å². The SMILES string of the molecule is CC(C(=O)O)c1ccc(CN(C)CC2CC2)cc1. The molecule has 1 aliphatic rings. The van der Waals surface area contributed by atoms with Crippen molar-refractivity contribution < 1.29 is 9.90 Å². The van der Waals surface area contributed by atoms with Gasteiger partial charge in [-0.25, -0.2) is 0 Å². The lowest BCUT2D eigenvalue weighted by atomic mass is 10.00. The predicted molar refractivity (Wildman–Crippen MR) is 71.6 cm³/mol. The molecule has 1 fully saturated rings. The summed E-state index contributed by atoms with van der Waals surface area (Å²) < 4.78 is 0. The number of carboxylic acid groups (broad SMARTS) is 1. The Hall–Kier alpha value is -1.35. The van der Waals surface area contributed by atoms with Crippen molar-refractivity contribution in [2.45, 2.75) is 32.2 Å². The molecule has 1 aromatic rings. The van der Waals surface area contributed by atoms with Crippen LogP contribution >= 0.6 is 0 Å². The fourth-order valence-electron chi connectivity index (χ4n) is 2.17. The third kappa shape index (κ3) is 3.57. The number of hydrogen-bond donors (Lipinski definition) is 1. The number of hydrogen-bond acceptors (Lipinski definition) is 2. The van der Waals surface area contributed by atoms with Crippen LogP contribution in [0.3, 0.4) is 0 Å². The maximum atomic E-state index is 10.9. The summed E-state index contributed by atoms with van der Waals surface area (Å²) in [5, 5.41) is 8.95. The molecule has 1 unspecified atom stereocenters. The third-order valence-electron chi connectivity index (χ3n) is 3.57. The van der Waals surface area contributed by atoms with Crippen molar-refractivity contribution in [3.05, 3.63) is 35.4 Å². The van der Waals surface area contributed by atoms with Crippen LogP contribution in [0.2, 0.25) is 0 Å². The average Bonchev–Trinajstić information content (AvgIpc) is 3.12. The minimum absolute atomic E-state index is 0.428. The molecule has 1 saturated carbocycles. The lowest BCUT2D eigenvalue weighted by molar-refractivity contribution is -0.138. The summed E-state index contributed by atoms with van der Waals surface area (Å²) in [4.78, 5) is 13.2. The number of nitrogens with zero attached hydrogens (tertiary/aromatic N) is 1. The molecule has 1 aromatic carbocycles. The van der Waals surface area contributed by atoms with Crippen molar-refractivity contribution in [2.24, 2.45) is 5.92 Å². The van der Waals surface area contributed by atoms with Crippen LogP contribution in [0.5, 0.6) is 0 Å². The van der Waals surface area contributed by atoms with Gasteiger partial charge in [0.1, 0.15) is 0 Å². The second-order valence-corrected chi connectivity index (χ2v) is 5.44. The summed E-state index contributed by atoms with van der Waals surface area (Å²) in [6, 6.07) is 7.94. The Kier molecular flexibility index (Phi) is 4.02. The first-order chi connectivity index (χ1) is 8.56. The largest absolute Gasteiger partial charge is 0.481 e. The highest BCUT2D eigenvalue weighted by Crippen LogP contribution is 2.29. The van der Waals surface area contributed by atoms with Gasteiger partial charge in [0, 0.05) is 13.1 Å². The van der Waals surface area contributed by atoms with Gasteiger partial charge in [-0.05, 0) is 43.9 Å². The number of carboxylic acids is 1. The second kappa shape index (κ2) is 5.53. The normalized spacial score (nSPS) is 16.8. The maximum Gasteiger partial charge on any atom is 0.310 e. The molecular formula is C15H21NO2. The zero-order valence-electron chi connectivity index (χ0n) is 11.1. The van der Waals surface area contributed by atoms with Gasteiger partial charge in [-0.1, -0.05) is 24.3 Å². The monoisotopic (exact) mass is 247 g/mol. The molecule has 1 N–H and O–H groups in total. The topological polar surface area (TPSA) is 40.5 Å². The summed E-state index contributed by atoms with van der Waals surface area (Å²) in [5.41, 5.74) is 2.12. The summed E-state index contributed by atoms with van der Waals surface area (Å²) in [5.74, 6) is -0.293. The maximum absolute atomic E-state index is 10.9. The quantitative estimate of drug-likeness (QED) is 0.840. The van der Waals surface area contributed by atoms with E-state index in [0.29, 0.717) is 0 Å². The molecule has 1 aliphatic carbocycles. The minimum atomic E-state index is -0.770. The lowest BCUT2D eigenvalue weighted by Gasteiger charge is -2.16. The summed E-state index contributed by atoms with van der Waals surface area (Å²) in [6.45, 7) is 3.84. The van der Waals surface area contributed by atoms with Crippen LogP contribution in [0, 0.1) is 5.92 Å². The van der Waals surface area contributed by atoms with Gasteiger partial charge in [-0.15, -0.1) is 0 Å². The van der Waals surface area contributed by atoms with Crippen molar-refractivity contribution in [3.8, 4) is 0 Å². The predicted octanol–water partition coefficient (Wildman–Crippen LogP) is 2.72. The molecule has 0 bridgehead atoms. The van der Waals surface area contributed by atoms with Gasteiger partial charge in [0.25, 0.3) is 0 Å². The Bertz CT molecular complexity index is 409. The number of aliphatic carboxylic acids is 1. The Morgan fingerprint density at radius 1 is 1.39 bits per heavy atom. The average molecular weight is 247 g/mol. The van der Waals surface area contributed by atoms with Gasteiger partial charge in [-0.2, -0.15) is 0 Å². The molecule has 1 atom stereocenters. The van der Waals surface area contributed by atoms with E-state index in [1.807, 2.05) is 24.3 Å². The minimum Gasteiger partial charge on any atom is -0.481 e. The van der Waals surface area contributed by atoms with E-state index in [-0.39, 0.29) is 0 Å². The molecule has 0 spiro atoms. The molecule has 0 radical (unpaired) electrons. The van der Waals surface area contributed by atoms with Crippen molar-refractivity contribution in [1.82, 2.24) is 4.90 Å². The summed E-state index contributed by atoms with van der Waals surface area (Å²) in [6.07, 6.45) is 2.75. The highest BCUT2D eigenvalue weighted by Gasteiger charge is 2.22. The molecule has 98 valence electrons. The van der Waals surface area contributed by atoms with Crippen LogP contribution in [0.25, 0.3) is 0 Å². The number of rotatable bonds is 6. The Morgan fingerprint density at radius 2 is 2.00 bits per heavy atom. The van der Waals surface area contributed by atoms with E-state index in [1.54, 1.807) is 6.92 Å². The highest BCUT2D eigenvalue weighted by molar-refractivity contribution is 5.75. The van der Waals surface area contributed by atoms with E-state index in [2.05, 4.69) is 11.9 Å². The van der Waals surface area contributed by atoms with Gasteiger partial charge in [0.15, 0.2) is 0 Å². The molecule has 0 saturated heterocycles. The van der Waals surface area contributed by atoms with E-state index in [1.165, 1.54) is 24.9 Å². The molecule has 0 aromatic heterocycles. The first-order valence-corrected chi connectivity index (χ1v) is 6.56. The molecule has 0 aliphatic heterocycles. The molecular weight excluding hydrogens is 226 g/mol. The van der Waals surface area contributed by atoms with E-state index >= 15 is 0 Å². The molecule has 18 heavy (non-hydrogen) atoms. The second-order valence-electron chi connectivity index (χ2n) is 5.44. The standard InChI is InChI=1S/C15H21NO2/c1-11(15(17)18)14-7-5-13(6-8-14)10-16(2)9-12-3-4-12/h5-8,11-12H,3-4,9-10H2,1-2H3,(H,17,18). The van der Waals surface area contributed by atoms with Crippen molar-refractivity contribution in [2.75, 3.05) is 13.6 Å². The van der Waals surface area contributed by atoms with Crippen LogP contribution < -0.4 is 0 Å². The fraction of sp³-hybridized carbons (Fsp3) is 0.533. The molecule has 3 heteroatoms. The van der Waals surface area contributed by atoms with Crippen LogP contribution in [-0.4, -0.2) is 29.6 Å².